The molecule has 1 heterocycles. The maximum atomic E-state index is 5.57. The van der Waals surface area contributed by atoms with Gasteiger partial charge in [0.15, 0.2) is 0 Å². The van der Waals surface area contributed by atoms with E-state index in [1.165, 1.54) is 15.2 Å². The van der Waals surface area contributed by atoms with Crippen LogP contribution in [0.4, 0.5) is 0 Å². The van der Waals surface area contributed by atoms with E-state index < -0.39 is 0 Å². The van der Waals surface area contributed by atoms with Gasteiger partial charge in [0.1, 0.15) is 5.75 Å². The van der Waals surface area contributed by atoms with Crippen molar-refractivity contribution in [2.75, 3.05) is 7.11 Å². The molecule has 0 fully saturated rings. The van der Waals surface area contributed by atoms with Crippen molar-refractivity contribution in [1.82, 2.24) is 4.98 Å². The Hall–Kier alpha value is -2.65. The van der Waals surface area contributed by atoms with Gasteiger partial charge in [-0.1, -0.05) is 60.3 Å². The number of hydrogen-bond acceptors (Lipinski definition) is 2. The van der Waals surface area contributed by atoms with Gasteiger partial charge < -0.3 is 9.72 Å². The summed E-state index contributed by atoms with van der Waals surface area (Å²) in [5.74, 6) is 0.874. The minimum absolute atomic E-state index is 0.874. The molecule has 0 amide bonds. The number of hydrogen-bond donors (Lipinski definition) is 1. The highest BCUT2D eigenvalue weighted by atomic mass is 32.2. The normalized spacial score (nSPS) is 10.9. The lowest BCUT2D eigenvalue weighted by atomic mass is 10.1. The molecule has 24 heavy (non-hydrogen) atoms. The fourth-order valence-electron chi connectivity index (χ4n) is 2.87. The average Bonchev–Trinajstić information content (AvgIpc) is 3.01. The van der Waals surface area contributed by atoms with E-state index in [1.54, 1.807) is 18.9 Å². The van der Waals surface area contributed by atoms with Gasteiger partial charge in [0.25, 0.3) is 0 Å². The molecule has 0 saturated carbocycles. The van der Waals surface area contributed by atoms with Crippen LogP contribution in [0.5, 0.6) is 5.75 Å². The van der Waals surface area contributed by atoms with Crippen LogP contribution in [0.3, 0.4) is 0 Å². The Labute approximate surface area is 145 Å². The number of rotatable bonds is 4. The smallest absolute Gasteiger partial charge is 0.128 e. The van der Waals surface area contributed by atoms with E-state index in [0.29, 0.717) is 0 Å². The first-order valence-electron chi connectivity index (χ1n) is 7.84. The van der Waals surface area contributed by atoms with Gasteiger partial charge in [-0.15, -0.1) is 0 Å². The molecule has 118 valence electrons. The second-order valence-corrected chi connectivity index (χ2v) is 6.57. The van der Waals surface area contributed by atoms with Crippen LogP contribution in [0.2, 0.25) is 0 Å². The first kappa shape index (κ1) is 14.9. The van der Waals surface area contributed by atoms with Gasteiger partial charge in [0.2, 0.25) is 0 Å². The highest BCUT2D eigenvalue weighted by Crippen LogP contribution is 2.43. The second-order valence-electron chi connectivity index (χ2n) is 5.49. The van der Waals surface area contributed by atoms with Crippen LogP contribution in [0.25, 0.3) is 22.2 Å². The number of benzene rings is 3. The number of methoxy groups -OCH3 is 1. The van der Waals surface area contributed by atoms with E-state index in [4.69, 9.17) is 4.74 Å². The number of para-hydroxylation sites is 2. The molecule has 0 saturated heterocycles. The highest BCUT2D eigenvalue weighted by Gasteiger charge is 2.16. The molecule has 2 nitrogen and oxygen atoms in total. The molecule has 0 spiro atoms. The Morgan fingerprint density at radius 3 is 2.33 bits per heavy atom. The van der Waals surface area contributed by atoms with Gasteiger partial charge in [0.05, 0.1) is 12.8 Å². The summed E-state index contributed by atoms with van der Waals surface area (Å²) in [6.45, 7) is 0. The van der Waals surface area contributed by atoms with Crippen molar-refractivity contribution in [2.45, 2.75) is 9.79 Å². The lowest BCUT2D eigenvalue weighted by Gasteiger charge is -2.09. The molecule has 4 rings (SSSR count). The molecule has 0 atom stereocenters. The van der Waals surface area contributed by atoms with Gasteiger partial charge in [-0.2, -0.15) is 0 Å². The van der Waals surface area contributed by atoms with E-state index in [1.807, 2.05) is 24.3 Å². The largest absolute Gasteiger partial charge is 0.496 e. The van der Waals surface area contributed by atoms with Gasteiger partial charge in [-0.05, 0) is 30.3 Å². The Morgan fingerprint density at radius 1 is 0.792 bits per heavy atom. The molecule has 1 N–H and O–H groups in total. The maximum Gasteiger partial charge on any atom is 0.128 e. The third-order valence-corrected chi connectivity index (χ3v) is 5.13. The summed E-state index contributed by atoms with van der Waals surface area (Å²) >= 11 is 1.78. The van der Waals surface area contributed by atoms with Gasteiger partial charge in [-0.25, -0.2) is 0 Å². The zero-order valence-electron chi connectivity index (χ0n) is 13.3. The Kier molecular flexibility index (Phi) is 4.01. The van der Waals surface area contributed by atoms with Crippen LogP contribution in [0.1, 0.15) is 0 Å². The average molecular weight is 331 g/mol. The van der Waals surface area contributed by atoms with Crippen LogP contribution >= 0.6 is 11.8 Å². The number of aromatic nitrogens is 1. The zero-order chi connectivity index (χ0) is 16.4. The van der Waals surface area contributed by atoms with Gasteiger partial charge >= 0.3 is 0 Å². The van der Waals surface area contributed by atoms with Crippen LogP contribution in [-0.4, -0.2) is 12.1 Å². The number of H-pyrrole nitrogens is 1. The van der Waals surface area contributed by atoms with Crippen molar-refractivity contribution in [3.05, 3.63) is 78.9 Å². The molecule has 0 aliphatic carbocycles. The standard InChI is InChI=1S/C21H17NOS/c1-23-19-14-8-6-12-17(19)20-21(24-15-9-3-2-4-10-15)16-11-5-7-13-18(16)22-20/h2-14,22H,1H3. The summed E-state index contributed by atoms with van der Waals surface area (Å²) in [4.78, 5) is 6.02. The summed E-state index contributed by atoms with van der Waals surface area (Å²) in [6, 6.07) is 27.0. The first-order valence-corrected chi connectivity index (χ1v) is 8.65. The van der Waals surface area contributed by atoms with E-state index in [0.717, 1.165) is 22.5 Å². The quantitative estimate of drug-likeness (QED) is 0.496. The van der Waals surface area contributed by atoms with E-state index >= 15 is 0 Å². The molecular formula is C21H17NOS. The van der Waals surface area contributed by atoms with Crippen molar-refractivity contribution in [2.24, 2.45) is 0 Å². The molecule has 1 aromatic heterocycles. The number of fused-ring (bicyclic) bond motifs is 1. The molecule has 4 aromatic rings. The van der Waals surface area contributed by atoms with Crippen molar-refractivity contribution in [1.29, 1.82) is 0 Å². The number of ether oxygens (including phenoxy) is 1. The summed E-state index contributed by atoms with van der Waals surface area (Å²) < 4.78 is 5.57. The van der Waals surface area contributed by atoms with Crippen molar-refractivity contribution < 1.29 is 4.74 Å². The monoisotopic (exact) mass is 331 g/mol. The molecular weight excluding hydrogens is 314 g/mol. The zero-order valence-corrected chi connectivity index (χ0v) is 14.1. The summed E-state index contributed by atoms with van der Waals surface area (Å²) in [5, 5.41) is 1.23. The molecule has 0 bridgehead atoms. The lowest BCUT2D eigenvalue weighted by Crippen LogP contribution is -1.88. The molecule has 0 aliphatic heterocycles. The first-order chi connectivity index (χ1) is 11.9. The van der Waals surface area contributed by atoms with Crippen molar-refractivity contribution in [3.8, 4) is 17.0 Å². The van der Waals surface area contributed by atoms with Crippen molar-refractivity contribution in [3.63, 3.8) is 0 Å². The lowest BCUT2D eigenvalue weighted by molar-refractivity contribution is 0.416. The van der Waals surface area contributed by atoms with Gasteiger partial charge in [-0.3, -0.25) is 0 Å². The van der Waals surface area contributed by atoms with E-state index in [-0.39, 0.29) is 0 Å². The second kappa shape index (κ2) is 6.46. The van der Waals surface area contributed by atoms with Crippen LogP contribution in [0, 0.1) is 0 Å². The highest BCUT2D eigenvalue weighted by molar-refractivity contribution is 7.99. The Morgan fingerprint density at radius 2 is 1.50 bits per heavy atom. The van der Waals surface area contributed by atoms with Crippen LogP contribution in [0.15, 0.2) is 88.7 Å². The maximum absolute atomic E-state index is 5.57. The Bertz CT molecular complexity index is 975. The minimum Gasteiger partial charge on any atom is -0.496 e. The van der Waals surface area contributed by atoms with Gasteiger partial charge in [0, 0.05) is 26.3 Å². The van der Waals surface area contributed by atoms with E-state index in [2.05, 4.69) is 59.6 Å². The number of nitrogens with one attached hydrogen (secondary N) is 1. The van der Waals surface area contributed by atoms with Crippen molar-refractivity contribution >= 4 is 22.7 Å². The van der Waals surface area contributed by atoms with Crippen LogP contribution < -0.4 is 4.74 Å². The number of aromatic amines is 1. The predicted octanol–water partition coefficient (Wildman–Crippen LogP) is 5.99. The Balaban J connectivity index is 1.93. The third-order valence-electron chi connectivity index (χ3n) is 4.00. The topological polar surface area (TPSA) is 25.0 Å². The molecule has 0 unspecified atom stereocenters. The van der Waals surface area contributed by atoms with E-state index in [9.17, 15) is 0 Å². The summed E-state index contributed by atoms with van der Waals surface area (Å²) in [6.07, 6.45) is 0. The predicted molar refractivity (Wildman–Crippen MR) is 101 cm³/mol. The third kappa shape index (κ3) is 2.68. The molecule has 0 aliphatic rings. The fourth-order valence-corrected chi connectivity index (χ4v) is 3.95. The SMILES string of the molecule is COc1ccccc1-c1[nH]c2ccccc2c1Sc1ccccc1. The molecule has 3 aromatic carbocycles. The fraction of sp³-hybridized carbons (Fsp3) is 0.0476. The summed E-state index contributed by atoms with van der Waals surface area (Å²) in [5.41, 5.74) is 3.31. The molecule has 3 heteroatoms. The summed E-state index contributed by atoms with van der Waals surface area (Å²) in [7, 11) is 1.71. The minimum atomic E-state index is 0.874. The van der Waals surface area contributed by atoms with Crippen LogP contribution in [-0.2, 0) is 0 Å². The molecule has 0 radical (unpaired) electrons.